The molecule has 0 aliphatic heterocycles. The van der Waals surface area contributed by atoms with E-state index < -0.39 is 0 Å². The van der Waals surface area contributed by atoms with E-state index in [0.717, 1.165) is 25.8 Å². The third kappa shape index (κ3) is 3.55. The fourth-order valence-corrected chi connectivity index (χ4v) is 2.62. The molecule has 0 aromatic heterocycles. The number of methoxy groups -OCH3 is 1. The molecule has 18 heavy (non-hydrogen) atoms. The molecule has 1 aliphatic carbocycles. The highest BCUT2D eigenvalue weighted by atomic mass is 16.5. The lowest BCUT2D eigenvalue weighted by atomic mass is 9.92. The van der Waals surface area contributed by atoms with Gasteiger partial charge < -0.3 is 15.2 Å². The maximum Gasteiger partial charge on any atom is 0.0716 e. The maximum atomic E-state index is 9.93. The van der Waals surface area contributed by atoms with Gasteiger partial charge in [-0.25, -0.2) is 0 Å². The summed E-state index contributed by atoms with van der Waals surface area (Å²) in [6.45, 7) is 1.45. The molecular formula is C15H23NO2. The first-order valence-corrected chi connectivity index (χ1v) is 6.78. The third-order valence-electron chi connectivity index (χ3n) is 3.70. The molecule has 1 aromatic rings. The molecule has 0 bridgehead atoms. The number of aliphatic hydroxyl groups excluding tert-OH is 1. The van der Waals surface area contributed by atoms with Crippen molar-refractivity contribution in [2.45, 2.75) is 51.0 Å². The van der Waals surface area contributed by atoms with Crippen molar-refractivity contribution >= 4 is 0 Å². The lowest BCUT2D eigenvalue weighted by Crippen LogP contribution is -2.41. The van der Waals surface area contributed by atoms with Crippen molar-refractivity contribution in [1.29, 1.82) is 0 Å². The molecule has 1 fully saturated rings. The summed E-state index contributed by atoms with van der Waals surface area (Å²) in [7, 11) is 1.72. The van der Waals surface area contributed by atoms with Crippen molar-refractivity contribution < 1.29 is 9.84 Å². The Morgan fingerprint density at radius 3 is 2.67 bits per heavy atom. The SMILES string of the molecule is COCc1ccccc1CN[C@@H]1CCCC[C@H]1O. The Labute approximate surface area is 109 Å². The van der Waals surface area contributed by atoms with Gasteiger partial charge in [-0.05, 0) is 24.0 Å². The fourth-order valence-electron chi connectivity index (χ4n) is 2.62. The minimum atomic E-state index is -0.187. The van der Waals surface area contributed by atoms with Crippen LogP contribution < -0.4 is 5.32 Å². The fraction of sp³-hybridized carbons (Fsp3) is 0.600. The molecule has 0 amide bonds. The highest BCUT2D eigenvalue weighted by Gasteiger charge is 2.22. The largest absolute Gasteiger partial charge is 0.392 e. The second-order valence-corrected chi connectivity index (χ2v) is 5.04. The molecule has 0 heterocycles. The van der Waals surface area contributed by atoms with Crippen molar-refractivity contribution in [1.82, 2.24) is 5.32 Å². The lowest BCUT2D eigenvalue weighted by molar-refractivity contribution is 0.0901. The number of hydrogen-bond acceptors (Lipinski definition) is 3. The van der Waals surface area contributed by atoms with E-state index in [1.54, 1.807) is 7.11 Å². The smallest absolute Gasteiger partial charge is 0.0716 e. The molecule has 1 aliphatic rings. The zero-order chi connectivity index (χ0) is 12.8. The number of nitrogens with one attached hydrogen (secondary N) is 1. The van der Waals surface area contributed by atoms with Crippen LogP contribution in [0.4, 0.5) is 0 Å². The Hall–Kier alpha value is -0.900. The summed E-state index contributed by atoms with van der Waals surface area (Å²) in [6.07, 6.45) is 4.19. The number of ether oxygens (including phenoxy) is 1. The van der Waals surface area contributed by atoms with Gasteiger partial charge in [-0.1, -0.05) is 37.1 Å². The summed E-state index contributed by atoms with van der Waals surface area (Å²) in [4.78, 5) is 0. The Morgan fingerprint density at radius 2 is 1.94 bits per heavy atom. The number of aliphatic hydroxyl groups is 1. The summed E-state index contributed by atoms with van der Waals surface area (Å²) in [5.41, 5.74) is 2.48. The first-order chi connectivity index (χ1) is 8.81. The summed E-state index contributed by atoms with van der Waals surface area (Å²) >= 11 is 0. The van der Waals surface area contributed by atoms with Crippen molar-refractivity contribution in [2.24, 2.45) is 0 Å². The van der Waals surface area contributed by atoms with Gasteiger partial charge in [0, 0.05) is 19.7 Å². The average Bonchev–Trinajstić information content (AvgIpc) is 2.40. The highest BCUT2D eigenvalue weighted by molar-refractivity contribution is 5.26. The van der Waals surface area contributed by atoms with Gasteiger partial charge in [0.1, 0.15) is 0 Å². The minimum Gasteiger partial charge on any atom is -0.392 e. The molecule has 0 radical (unpaired) electrons. The summed E-state index contributed by atoms with van der Waals surface area (Å²) < 4.78 is 5.20. The monoisotopic (exact) mass is 249 g/mol. The zero-order valence-corrected chi connectivity index (χ0v) is 11.1. The van der Waals surface area contributed by atoms with Gasteiger partial charge in [-0.2, -0.15) is 0 Å². The third-order valence-corrected chi connectivity index (χ3v) is 3.70. The summed E-state index contributed by atoms with van der Waals surface area (Å²) in [5.74, 6) is 0. The van der Waals surface area contributed by atoms with Crippen LogP contribution in [-0.2, 0) is 17.9 Å². The van der Waals surface area contributed by atoms with Crippen LogP contribution in [0.5, 0.6) is 0 Å². The normalized spacial score (nSPS) is 24.1. The Morgan fingerprint density at radius 1 is 1.22 bits per heavy atom. The maximum absolute atomic E-state index is 9.93. The van der Waals surface area contributed by atoms with Crippen molar-refractivity contribution in [2.75, 3.05) is 7.11 Å². The molecule has 1 aromatic carbocycles. The van der Waals surface area contributed by atoms with Crippen LogP contribution in [0.25, 0.3) is 0 Å². The number of benzene rings is 1. The van der Waals surface area contributed by atoms with Gasteiger partial charge in [0.05, 0.1) is 12.7 Å². The summed E-state index contributed by atoms with van der Waals surface area (Å²) in [6, 6.07) is 8.55. The molecular weight excluding hydrogens is 226 g/mol. The van der Waals surface area contributed by atoms with Crippen LogP contribution in [0.1, 0.15) is 36.8 Å². The van der Waals surface area contributed by atoms with E-state index >= 15 is 0 Å². The molecule has 100 valence electrons. The molecule has 1 saturated carbocycles. The van der Waals surface area contributed by atoms with Gasteiger partial charge in [0.2, 0.25) is 0 Å². The minimum absolute atomic E-state index is 0.187. The predicted molar refractivity (Wildman–Crippen MR) is 72.3 cm³/mol. The summed E-state index contributed by atoms with van der Waals surface area (Å²) in [5, 5.41) is 13.4. The standard InChI is InChI=1S/C15H23NO2/c1-18-11-13-7-3-2-6-12(13)10-16-14-8-4-5-9-15(14)17/h2-3,6-7,14-17H,4-5,8-11H2,1H3/t14-,15-/m1/s1. The second-order valence-electron chi connectivity index (χ2n) is 5.04. The molecule has 2 rings (SSSR count). The van der Waals surface area contributed by atoms with E-state index in [1.165, 1.54) is 17.5 Å². The van der Waals surface area contributed by atoms with Gasteiger partial charge in [-0.3, -0.25) is 0 Å². The van der Waals surface area contributed by atoms with E-state index in [0.29, 0.717) is 6.61 Å². The molecule has 2 N–H and O–H groups in total. The molecule has 0 spiro atoms. The molecule has 3 heteroatoms. The van der Waals surface area contributed by atoms with Crippen molar-refractivity contribution in [3.05, 3.63) is 35.4 Å². The zero-order valence-electron chi connectivity index (χ0n) is 11.1. The van der Waals surface area contributed by atoms with Crippen LogP contribution in [0.15, 0.2) is 24.3 Å². The Balaban J connectivity index is 1.92. The van der Waals surface area contributed by atoms with Crippen LogP contribution in [0, 0.1) is 0 Å². The molecule has 0 saturated heterocycles. The number of hydrogen-bond donors (Lipinski definition) is 2. The van der Waals surface area contributed by atoms with E-state index in [-0.39, 0.29) is 12.1 Å². The van der Waals surface area contributed by atoms with E-state index in [4.69, 9.17) is 4.74 Å². The van der Waals surface area contributed by atoms with E-state index in [1.807, 2.05) is 12.1 Å². The van der Waals surface area contributed by atoms with Gasteiger partial charge >= 0.3 is 0 Å². The van der Waals surface area contributed by atoms with E-state index in [2.05, 4.69) is 17.4 Å². The van der Waals surface area contributed by atoms with Crippen LogP contribution in [0.3, 0.4) is 0 Å². The van der Waals surface area contributed by atoms with Gasteiger partial charge in [-0.15, -0.1) is 0 Å². The van der Waals surface area contributed by atoms with Crippen LogP contribution in [-0.4, -0.2) is 24.4 Å². The second kappa shape index (κ2) is 6.88. The topological polar surface area (TPSA) is 41.5 Å². The van der Waals surface area contributed by atoms with Crippen LogP contribution in [0.2, 0.25) is 0 Å². The lowest BCUT2D eigenvalue weighted by Gasteiger charge is -2.28. The molecule has 0 unspecified atom stereocenters. The van der Waals surface area contributed by atoms with Crippen molar-refractivity contribution in [3.8, 4) is 0 Å². The van der Waals surface area contributed by atoms with Crippen molar-refractivity contribution in [3.63, 3.8) is 0 Å². The van der Waals surface area contributed by atoms with Gasteiger partial charge in [0.15, 0.2) is 0 Å². The highest BCUT2D eigenvalue weighted by Crippen LogP contribution is 2.19. The first kappa shape index (κ1) is 13.5. The van der Waals surface area contributed by atoms with E-state index in [9.17, 15) is 5.11 Å². The van der Waals surface area contributed by atoms with Crippen LogP contribution >= 0.6 is 0 Å². The molecule has 2 atom stereocenters. The first-order valence-electron chi connectivity index (χ1n) is 6.78. The predicted octanol–water partition coefficient (Wildman–Crippen LogP) is 2.23. The molecule has 3 nitrogen and oxygen atoms in total. The Bertz CT molecular complexity index is 367. The number of rotatable bonds is 5. The average molecular weight is 249 g/mol. The Kier molecular flexibility index (Phi) is 5.17. The van der Waals surface area contributed by atoms with Gasteiger partial charge in [0.25, 0.3) is 0 Å². The quantitative estimate of drug-likeness (QED) is 0.841.